The summed E-state index contributed by atoms with van der Waals surface area (Å²) in [6, 6.07) is 5.71. The molecule has 1 aromatic carbocycles. The highest BCUT2D eigenvalue weighted by Gasteiger charge is 2.06. The number of benzene rings is 1. The predicted octanol–water partition coefficient (Wildman–Crippen LogP) is 2.15. The Morgan fingerprint density at radius 3 is 2.94 bits per heavy atom. The summed E-state index contributed by atoms with van der Waals surface area (Å²) < 4.78 is 13.0. The number of rotatable bonds is 5. The maximum absolute atomic E-state index is 13.0. The third-order valence-corrected chi connectivity index (χ3v) is 2.43. The Kier molecular flexibility index (Phi) is 5.28. The molecule has 0 radical (unpaired) electrons. The summed E-state index contributed by atoms with van der Waals surface area (Å²) in [5, 5.41) is 11.3. The molecule has 1 aromatic rings. The van der Waals surface area contributed by atoms with Gasteiger partial charge in [0, 0.05) is 18.2 Å². The Bertz CT molecular complexity index is 466. The highest BCUT2D eigenvalue weighted by atomic mass is 19.1. The number of halogens is 1. The second-order valence-corrected chi connectivity index (χ2v) is 4.22. The van der Waals surface area contributed by atoms with Gasteiger partial charge in [0.2, 0.25) is 5.91 Å². The number of hydrogen-bond donors (Lipinski definition) is 2. The van der Waals surface area contributed by atoms with Crippen LogP contribution < -0.4 is 11.1 Å². The molecule has 96 valence electrons. The zero-order chi connectivity index (χ0) is 13.5. The summed E-state index contributed by atoms with van der Waals surface area (Å²) in [5.41, 5.74) is 5.93. The molecule has 0 saturated heterocycles. The molecule has 0 spiro atoms. The largest absolute Gasteiger partial charge is 0.328 e. The van der Waals surface area contributed by atoms with Gasteiger partial charge in [-0.3, -0.25) is 4.79 Å². The smallest absolute Gasteiger partial charge is 0.224 e. The Hall–Kier alpha value is -1.93. The van der Waals surface area contributed by atoms with E-state index in [1.807, 2.05) is 6.92 Å². The second kappa shape index (κ2) is 6.72. The minimum Gasteiger partial charge on any atom is -0.328 e. The van der Waals surface area contributed by atoms with Gasteiger partial charge in [-0.05, 0) is 38.0 Å². The van der Waals surface area contributed by atoms with Crippen molar-refractivity contribution in [1.82, 2.24) is 0 Å². The van der Waals surface area contributed by atoms with Crippen LogP contribution in [0.1, 0.15) is 31.7 Å². The van der Waals surface area contributed by atoms with Crippen molar-refractivity contribution in [2.24, 2.45) is 5.73 Å². The lowest BCUT2D eigenvalue weighted by Crippen LogP contribution is -2.16. The van der Waals surface area contributed by atoms with Crippen molar-refractivity contribution in [3.05, 3.63) is 29.6 Å². The second-order valence-electron chi connectivity index (χ2n) is 4.22. The molecule has 5 heteroatoms. The summed E-state index contributed by atoms with van der Waals surface area (Å²) in [6.45, 7) is 1.89. The third kappa shape index (κ3) is 4.52. The fourth-order valence-corrected chi connectivity index (χ4v) is 1.50. The standard InChI is InChI=1S/C13H16FN3O/c1-9(16)3-2-4-13(18)17-11-5-6-12(14)10(7-11)8-15/h5-7,9H,2-4,16H2,1H3,(H,17,18). The van der Waals surface area contributed by atoms with E-state index in [1.54, 1.807) is 6.07 Å². The first kappa shape index (κ1) is 14.1. The van der Waals surface area contributed by atoms with Gasteiger partial charge >= 0.3 is 0 Å². The molecule has 0 heterocycles. The van der Waals surface area contributed by atoms with E-state index in [0.29, 0.717) is 18.5 Å². The van der Waals surface area contributed by atoms with Gasteiger partial charge in [-0.2, -0.15) is 5.26 Å². The van der Waals surface area contributed by atoms with Crippen LogP contribution in [0.2, 0.25) is 0 Å². The van der Waals surface area contributed by atoms with Crippen LogP contribution in [0.15, 0.2) is 18.2 Å². The van der Waals surface area contributed by atoms with E-state index in [9.17, 15) is 9.18 Å². The minimum absolute atomic E-state index is 0.0776. The van der Waals surface area contributed by atoms with E-state index in [4.69, 9.17) is 11.0 Å². The molecule has 0 aliphatic rings. The Morgan fingerprint density at radius 2 is 2.33 bits per heavy atom. The predicted molar refractivity (Wildman–Crippen MR) is 67.2 cm³/mol. The third-order valence-electron chi connectivity index (χ3n) is 2.43. The van der Waals surface area contributed by atoms with Gasteiger partial charge in [0.25, 0.3) is 0 Å². The van der Waals surface area contributed by atoms with E-state index >= 15 is 0 Å². The van der Waals surface area contributed by atoms with Gasteiger partial charge in [-0.1, -0.05) is 0 Å². The normalized spacial score (nSPS) is 11.7. The Labute approximate surface area is 106 Å². The van der Waals surface area contributed by atoms with E-state index in [0.717, 1.165) is 12.5 Å². The molecule has 18 heavy (non-hydrogen) atoms. The fourth-order valence-electron chi connectivity index (χ4n) is 1.50. The first-order valence-electron chi connectivity index (χ1n) is 5.78. The van der Waals surface area contributed by atoms with Crippen molar-refractivity contribution in [3.8, 4) is 6.07 Å². The molecule has 0 bridgehead atoms. The summed E-state index contributed by atoms with van der Waals surface area (Å²) in [5.74, 6) is -0.751. The zero-order valence-electron chi connectivity index (χ0n) is 10.2. The van der Waals surface area contributed by atoms with E-state index in [-0.39, 0.29) is 17.5 Å². The van der Waals surface area contributed by atoms with Gasteiger partial charge in [0.05, 0.1) is 5.56 Å². The molecule has 0 fully saturated rings. The number of nitrogens with two attached hydrogens (primary N) is 1. The maximum atomic E-state index is 13.0. The number of hydrogen-bond acceptors (Lipinski definition) is 3. The lowest BCUT2D eigenvalue weighted by molar-refractivity contribution is -0.116. The van der Waals surface area contributed by atoms with Crippen LogP contribution in [0.4, 0.5) is 10.1 Å². The summed E-state index contributed by atoms with van der Waals surface area (Å²) >= 11 is 0. The van der Waals surface area contributed by atoms with Crippen molar-refractivity contribution in [2.45, 2.75) is 32.2 Å². The molecular formula is C13H16FN3O. The van der Waals surface area contributed by atoms with Crippen LogP contribution in [0.25, 0.3) is 0 Å². The van der Waals surface area contributed by atoms with Crippen LogP contribution in [0.3, 0.4) is 0 Å². The van der Waals surface area contributed by atoms with E-state index < -0.39 is 5.82 Å². The zero-order valence-corrected chi connectivity index (χ0v) is 10.2. The van der Waals surface area contributed by atoms with Crippen molar-refractivity contribution < 1.29 is 9.18 Å². The number of nitrogens with one attached hydrogen (secondary N) is 1. The average Bonchev–Trinajstić information content (AvgIpc) is 2.31. The SMILES string of the molecule is CC(N)CCCC(=O)Nc1ccc(F)c(C#N)c1. The number of nitriles is 1. The van der Waals surface area contributed by atoms with Crippen molar-refractivity contribution in [1.29, 1.82) is 5.26 Å². The van der Waals surface area contributed by atoms with Crippen LogP contribution in [0, 0.1) is 17.1 Å². The number of amides is 1. The van der Waals surface area contributed by atoms with Crippen molar-refractivity contribution in [3.63, 3.8) is 0 Å². The molecule has 1 amide bonds. The molecule has 4 nitrogen and oxygen atoms in total. The van der Waals surface area contributed by atoms with Crippen molar-refractivity contribution in [2.75, 3.05) is 5.32 Å². The van der Waals surface area contributed by atoms with Gasteiger partial charge in [0.15, 0.2) is 0 Å². The topological polar surface area (TPSA) is 78.9 Å². The molecular weight excluding hydrogens is 233 g/mol. The quantitative estimate of drug-likeness (QED) is 0.839. The summed E-state index contributed by atoms with van der Waals surface area (Å²) in [4.78, 5) is 11.5. The summed E-state index contributed by atoms with van der Waals surface area (Å²) in [6.07, 6.45) is 1.84. The first-order chi connectivity index (χ1) is 8.52. The molecule has 0 aliphatic heterocycles. The van der Waals surface area contributed by atoms with Gasteiger partial charge < -0.3 is 11.1 Å². The van der Waals surface area contributed by atoms with Gasteiger partial charge in [-0.25, -0.2) is 4.39 Å². The molecule has 0 aromatic heterocycles. The Balaban J connectivity index is 2.52. The van der Waals surface area contributed by atoms with Gasteiger partial charge in [-0.15, -0.1) is 0 Å². The average molecular weight is 249 g/mol. The molecule has 1 rings (SSSR count). The first-order valence-corrected chi connectivity index (χ1v) is 5.78. The van der Waals surface area contributed by atoms with Crippen molar-refractivity contribution >= 4 is 11.6 Å². The summed E-state index contributed by atoms with van der Waals surface area (Å²) in [7, 11) is 0. The molecule has 0 aliphatic carbocycles. The number of anilines is 1. The van der Waals surface area contributed by atoms with E-state index in [2.05, 4.69) is 5.32 Å². The fraction of sp³-hybridized carbons (Fsp3) is 0.385. The highest BCUT2D eigenvalue weighted by molar-refractivity contribution is 5.90. The molecule has 1 unspecified atom stereocenters. The lowest BCUT2D eigenvalue weighted by atomic mass is 10.1. The van der Waals surface area contributed by atoms with Crippen LogP contribution in [-0.2, 0) is 4.79 Å². The molecule has 0 saturated carbocycles. The number of carbonyl (C=O) groups excluding carboxylic acids is 1. The molecule has 1 atom stereocenters. The van der Waals surface area contributed by atoms with Crippen LogP contribution in [-0.4, -0.2) is 11.9 Å². The highest BCUT2D eigenvalue weighted by Crippen LogP contribution is 2.14. The maximum Gasteiger partial charge on any atom is 0.224 e. The molecule has 3 N–H and O–H groups in total. The van der Waals surface area contributed by atoms with Crippen LogP contribution in [0.5, 0.6) is 0 Å². The lowest BCUT2D eigenvalue weighted by Gasteiger charge is -2.07. The van der Waals surface area contributed by atoms with Gasteiger partial charge in [0.1, 0.15) is 11.9 Å². The monoisotopic (exact) mass is 249 g/mol. The number of nitrogens with zero attached hydrogens (tertiary/aromatic N) is 1. The Morgan fingerprint density at radius 1 is 1.61 bits per heavy atom. The number of carbonyl (C=O) groups is 1. The van der Waals surface area contributed by atoms with Crippen LogP contribution >= 0.6 is 0 Å². The van der Waals surface area contributed by atoms with E-state index in [1.165, 1.54) is 12.1 Å². The minimum atomic E-state index is -0.590.